The van der Waals surface area contributed by atoms with Crippen molar-refractivity contribution in [3.63, 3.8) is 0 Å². The van der Waals surface area contributed by atoms with E-state index in [1.807, 2.05) is 7.05 Å². The lowest BCUT2D eigenvalue weighted by molar-refractivity contribution is 0.729. The van der Waals surface area contributed by atoms with E-state index in [0.717, 1.165) is 29.9 Å². The third-order valence-corrected chi connectivity index (χ3v) is 2.46. The number of nitrogens with zero attached hydrogens (tertiary/aromatic N) is 5. The third-order valence-electron chi connectivity index (χ3n) is 2.46. The zero-order valence-corrected chi connectivity index (χ0v) is 9.64. The maximum absolute atomic E-state index is 4.18. The van der Waals surface area contributed by atoms with E-state index in [9.17, 15) is 0 Å². The first-order chi connectivity index (χ1) is 7.83. The highest BCUT2D eigenvalue weighted by molar-refractivity contribution is 5.81. The number of aryl methyl sites for hydroxylation is 1. The summed E-state index contributed by atoms with van der Waals surface area (Å²) in [7, 11) is 1.82. The van der Waals surface area contributed by atoms with E-state index < -0.39 is 0 Å². The third kappa shape index (κ3) is 2.10. The zero-order chi connectivity index (χ0) is 11.4. The van der Waals surface area contributed by atoms with E-state index in [1.165, 1.54) is 19.2 Å². The lowest BCUT2D eigenvalue weighted by Gasteiger charge is -2.04. The molecule has 0 amide bonds. The van der Waals surface area contributed by atoms with Crippen LogP contribution in [0.1, 0.15) is 26.2 Å². The molecule has 86 valence electrons. The van der Waals surface area contributed by atoms with Crippen LogP contribution in [0.2, 0.25) is 0 Å². The van der Waals surface area contributed by atoms with Gasteiger partial charge in [-0.1, -0.05) is 25.0 Å². The summed E-state index contributed by atoms with van der Waals surface area (Å²) >= 11 is 0. The van der Waals surface area contributed by atoms with Crippen molar-refractivity contribution in [3.05, 3.63) is 6.33 Å². The predicted octanol–water partition coefficient (Wildman–Crippen LogP) is 1.36. The molecule has 0 aromatic carbocycles. The van der Waals surface area contributed by atoms with Crippen LogP contribution in [0, 0.1) is 0 Å². The number of hydrogen-bond acceptors (Lipinski definition) is 5. The van der Waals surface area contributed by atoms with Gasteiger partial charge < -0.3 is 5.32 Å². The van der Waals surface area contributed by atoms with Gasteiger partial charge in [-0.3, -0.25) is 0 Å². The summed E-state index contributed by atoms with van der Waals surface area (Å²) < 4.78 is 1.65. The number of fused-ring (bicyclic) bond motifs is 1. The Morgan fingerprint density at radius 1 is 1.31 bits per heavy atom. The second kappa shape index (κ2) is 4.87. The maximum Gasteiger partial charge on any atom is 0.183 e. The highest BCUT2D eigenvalue weighted by Gasteiger charge is 2.08. The summed E-state index contributed by atoms with van der Waals surface area (Å²) in [5.41, 5.74) is 1.49. The Morgan fingerprint density at radius 3 is 3.00 bits per heavy atom. The van der Waals surface area contributed by atoms with Crippen LogP contribution < -0.4 is 5.32 Å². The number of anilines is 1. The molecule has 6 nitrogen and oxygen atoms in total. The molecule has 0 spiro atoms. The lowest BCUT2D eigenvalue weighted by atomic mass is 10.2. The first-order valence-electron chi connectivity index (χ1n) is 5.57. The van der Waals surface area contributed by atoms with Crippen LogP contribution >= 0.6 is 0 Å². The fourth-order valence-corrected chi connectivity index (χ4v) is 1.56. The van der Waals surface area contributed by atoms with Crippen molar-refractivity contribution in [1.29, 1.82) is 0 Å². The summed E-state index contributed by atoms with van der Waals surface area (Å²) in [5.74, 6) is 0.772. The highest BCUT2D eigenvalue weighted by Crippen LogP contribution is 2.14. The summed E-state index contributed by atoms with van der Waals surface area (Å²) in [6.07, 6.45) is 5.11. The van der Waals surface area contributed by atoms with Crippen LogP contribution in [-0.4, -0.2) is 31.5 Å². The normalized spacial score (nSPS) is 10.9. The van der Waals surface area contributed by atoms with Gasteiger partial charge in [-0.2, -0.15) is 0 Å². The van der Waals surface area contributed by atoms with Crippen molar-refractivity contribution in [2.24, 2.45) is 7.05 Å². The lowest BCUT2D eigenvalue weighted by Crippen LogP contribution is -2.04. The summed E-state index contributed by atoms with van der Waals surface area (Å²) in [6.45, 7) is 3.10. The second-order valence-electron chi connectivity index (χ2n) is 3.74. The van der Waals surface area contributed by atoms with Gasteiger partial charge >= 0.3 is 0 Å². The topological polar surface area (TPSA) is 68.5 Å². The molecule has 0 bridgehead atoms. The van der Waals surface area contributed by atoms with Crippen molar-refractivity contribution in [2.45, 2.75) is 26.2 Å². The number of aromatic nitrogens is 5. The Bertz CT molecular complexity index is 463. The second-order valence-corrected chi connectivity index (χ2v) is 3.74. The maximum atomic E-state index is 4.18. The van der Waals surface area contributed by atoms with Gasteiger partial charge in [0.2, 0.25) is 0 Å². The Balaban J connectivity index is 2.11. The van der Waals surface area contributed by atoms with Gasteiger partial charge in [0.25, 0.3) is 0 Å². The van der Waals surface area contributed by atoms with Crippen molar-refractivity contribution in [3.8, 4) is 0 Å². The van der Waals surface area contributed by atoms with Crippen LogP contribution in [0.3, 0.4) is 0 Å². The number of nitrogens with one attached hydrogen (secondary N) is 1. The van der Waals surface area contributed by atoms with E-state index in [2.05, 4.69) is 32.5 Å². The van der Waals surface area contributed by atoms with E-state index in [0.29, 0.717) is 0 Å². The zero-order valence-electron chi connectivity index (χ0n) is 9.64. The Labute approximate surface area is 94.1 Å². The largest absolute Gasteiger partial charge is 0.368 e. The minimum atomic E-state index is 0.737. The highest BCUT2D eigenvalue weighted by atomic mass is 15.4. The van der Waals surface area contributed by atoms with Gasteiger partial charge in [0.15, 0.2) is 17.0 Å². The Hall–Kier alpha value is -1.72. The standard InChI is InChI=1S/C10H16N6/c1-3-4-5-6-11-9-8-10(13-7-12-9)16(2)15-14-8/h7H,3-6H2,1-2H3,(H,11,12,13). The molecular formula is C10H16N6. The van der Waals surface area contributed by atoms with E-state index >= 15 is 0 Å². The molecule has 6 heteroatoms. The van der Waals surface area contributed by atoms with Crippen molar-refractivity contribution in [2.75, 3.05) is 11.9 Å². The molecule has 2 aromatic heterocycles. The van der Waals surface area contributed by atoms with Crippen LogP contribution in [0.4, 0.5) is 5.82 Å². The molecule has 0 aliphatic carbocycles. The van der Waals surface area contributed by atoms with E-state index in [4.69, 9.17) is 0 Å². The molecule has 0 saturated carbocycles. The SMILES string of the molecule is CCCCCNc1ncnc2c1nnn2C. The number of hydrogen-bond donors (Lipinski definition) is 1. The molecule has 0 unspecified atom stereocenters. The molecule has 1 N–H and O–H groups in total. The average Bonchev–Trinajstić information content (AvgIpc) is 2.68. The van der Waals surface area contributed by atoms with Crippen LogP contribution in [0.25, 0.3) is 11.2 Å². The van der Waals surface area contributed by atoms with Gasteiger partial charge in [0.1, 0.15) is 6.33 Å². The molecule has 0 radical (unpaired) electrons. The quantitative estimate of drug-likeness (QED) is 0.770. The molecule has 0 aliphatic heterocycles. The van der Waals surface area contributed by atoms with Gasteiger partial charge in [0, 0.05) is 13.6 Å². The van der Waals surface area contributed by atoms with E-state index in [1.54, 1.807) is 4.68 Å². The molecular weight excluding hydrogens is 204 g/mol. The molecule has 2 aromatic rings. The Morgan fingerprint density at radius 2 is 2.19 bits per heavy atom. The Kier molecular flexibility index (Phi) is 3.28. The van der Waals surface area contributed by atoms with Gasteiger partial charge in [-0.05, 0) is 6.42 Å². The molecule has 0 fully saturated rings. The van der Waals surface area contributed by atoms with Gasteiger partial charge in [-0.25, -0.2) is 14.6 Å². The molecule has 2 heterocycles. The minimum absolute atomic E-state index is 0.737. The molecule has 0 aliphatic rings. The fraction of sp³-hybridized carbons (Fsp3) is 0.600. The van der Waals surface area contributed by atoms with Crippen molar-refractivity contribution >= 4 is 17.0 Å². The predicted molar refractivity (Wildman–Crippen MR) is 62.1 cm³/mol. The smallest absolute Gasteiger partial charge is 0.183 e. The molecule has 0 saturated heterocycles. The number of unbranched alkanes of at least 4 members (excludes halogenated alkanes) is 2. The van der Waals surface area contributed by atoms with Crippen molar-refractivity contribution < 1.29 is 0 Å². The van der Waals surface area contributed by atoms with Crippen LogP contribution in [0.15, 0.2) is 6.33 Å². The number of rotatable bonds is 5. The van der Waals surface area contributed by atoms with Gasteiger partial charge in [-0.15, -0.1) is 5.10 Å². The van der Waals surface area contributed by atoms with Crippen LogP contribution in [0.5, 0.6) is 0 Å². The minimum Gasteiger partial charge on any atom is -0.368 e. The molecule has 0 atom stereocenters. The van der Waals surface area contributed by atoms with Gasteiger partial charge in [0.05, 0.1) is 0 Å². The van der Waals surface area contributed by atoms with Crippen molar-refractivity contribution in [1.82, 2.24) is 25.0 Å². The summed E-state index contributed by atoms with van der Waals surface area (Å²) in [5, 5.41) is 11.2. The average molecular weight is 220 g/mol. The first kappa shape index (κ1) is 10.8. The van der Waals surface area contributed by atoms with Crippen LogP contribution in [-0.2, 0) is 7.05 Å². The fourth-order valence-electron chi connectivity index (χ4n) is 1.56. The molecule has 16 heavy (non-hydrogen) atoms. The summed E-state index contributed by atoms with van der Waals surface area (Å²) in [4.78, 5) is 8.31. The first-order valence-corrected chi connectivity index (χ1v) is 5.57. The summed E-state index contributed by atoms with van der Waals surface area (Å²) in [6, 6.07) is 0. The molecule has 2 rings (SSSR count). The van der Waals surface area contributed by atoms with E-state index in [-0.39, 0.29) is 0 Å². The monoisotopic (exact) mass is 220 g/mol.